The van der Waals surface area contributed by atoms with E-state index in [1.807, 2.05) is 36.6 Å². The summed E-state index contributed by atoms with van der Waals surface area (Å²) in [6, 6.07) is 7.46. The van der Waals surface area contributed by atoms with Gasteiger partial charge >= 0.3 is 0 Å². The molecule has 0 aliphatic heterocycles. The molecule has 0 amide bonds. The summed E-state index contributed by atoms with van der Waals surface area (Å²) < 4.78 is 5.56. The van der Waals surface area contributed by atoms with Gasteiger partial charge in [0.2, 0.25) is 0 Å². The van der Waals surface area contributed by atoms with E-state index in [1.165, 1.54) is 0 Å². The minimum absolute atomic E-state index is 0.471. The predicted octanol–water partition coefficient (Wildman–Crippen LogP) is 2.61. The van der Waals surface area contributed by atoms with Crippen molar-refractivity contribution in [1.29, 1.82) is 0 Å². The van der Waals surface area contributed by atoms with Crippen molar-refractivity contribution in [3.05, 3.63) is 40.3 Å². The molecule has 0 saturated heterocycles. The summed E-state index contributed by atoms with van der Waals surface area (Å²) in [5.74, 6) is 0.711. The van der Waals surface area contributed by atoms with Gasteiger partial charge < -0.3 is 10.5 Å². The average Bonchev–Trinajstić information content (AvgIpc) is 2.63. The summed E-state index contributed by atoms with van der Waals surface area (Å²) in [5.41, 5.74) is 7.35. The summed E-state index contributed by atoms with van der Waals surface area (Å²) >= 11 is 1.62. The van der Waals surface area contributed by atoms with Crippen LogP contribution in [0.1, 0.15) is 10.7 Å². The zero-order valence-electron chi connectivity index (χ0n) is 8.43. The lowest BCUT2D eigenvalue weighted by atomic mass is 10.3. The molecular weight excluding hydrogens is 208 g/mol. The first-order valence-electron chi connectivity index (χ1n) is 4.64. The molecule has 0 fully saturated rings. The molecule has 0 radical (unpaired) electrons. The Morgan fingerprint density at radius 2 is 2.20 bits per heavy atom. The van der Waals surface area contributed by atoms with Gasteiger partial charge in [-0.3, -0.25) is 0 Å². The molecule has 0 spiro atoms. The second kappa shape index (κ2) is 4.31. The van der Waals surface area contributed by atoms with Crippen molar-refractivity contribution in [3.8, 4) is 5.75 Å². The molecule has 1 aromatic heterocycles. The summed E-state index contributed by atoms with van der Waals surface area (Å²) in [7, 11) is 0. The number of para-hydroxylation sites is 2. The van der Waals surface area contributed by atoms with Crippen molar-refractivity contribution in [2.45, 2.75) is 13.5 Å². The van der Waals surface area contributed by atoms with E-state index in [2.05, 4.69) is 4.98 Å². The second-order valence-corrected chi connectivity index (χ2v) is 4.25. The fourth-order valence-electron chi connectivity index (χ4n) is 1.24. The largest absolute Gasteiger partial charge is 0.485 e. The quantitative estimate of drug-likeness (QED) is 0.809. The number of nitrogens with zero attached hydrogens (tertiary/aromatic N) is 1. The zero-order valence-corrected chi connectivity index (χ0v) is 9.25. The maximum atomic E-state index is 5.75. The fraction of sp³-hybridized carbons (Fsp3) is 0.182. The Kier molecular flexibility index (Phi) is 2.87. The Morgan fingerprint density at radius 3 is 2.87 bits per heavy atom. The van der Waals surface area contributed by atoms with Crippen LogP contribution in [0.5, 0.6) is 5.75 Å². The molecule has 0 aliphatic rings. The van der Waals surface area contributed by atoms with Gasteiger partial charge in [-0.25, -0.2) is 4.98 Å². The van der Waals surface area contributed by atoms with Gasteiger partial charge in [-0.2, -0.15) is 0 Å². The number of nitrogens with two attached hydrogens (primary N) is 1. The molecular formula is C11H12N2OS. The summed E-state index contributed by atoms with van der Waals surface area (Å²) in [4.78, 5) is 4.31. The summed E-state index contributed by atoms with van der Waals surface area (Å²) in [6.45, 7) is 2.45. The van der Waals surface area contributed by atoms with Crippen LogP contribution >= 0.6 is 11.3 Å². The third kappa shape index (κ3) is 2.47. The molecule has 15 heavy (non-hydrogen) atoms. The number of benzene rings is 1. The van der Waals surface area contributed by atoms with E-state index >= 15 is 0 Å². The Hall–Kier alpha value is -1.55. The van der Waals surface area contributed by atoms with E-state index in [4.69, 9.17) is 10.5 Å². The highest BCUT2D eigenvalue weighted by atomic mass is 32.1. The van der Waals surface area contributed by atoms with Crippen LogP contribution in [-0.2, 0) is 6.61 Å². The van der Waals surface area contributed by atoms with Crippen LogP contribution in [0.4, 0.5) is 5.69 Å². The van der Waals surface area contributed by atoms with Gasteiger partial charge in [-0.15, -0.1) is 11.3 Å². The molecule has 2 aromatic rings. The van der Waals surface area contributed by atoms with Crippen LogP contribution in [0, 0.1) is 6.92 Å². The van der Waals surface area contributed by atoms with Crippen LogP contribution in [0.3, 0.4) is 0 Å². The predicted molar refractivity (Wildman–Crippen MR) is 62.0 cm³/mol. The molecule has 1 aromatic carbocycles. The molecule has 0 unspecified atom stereocenters. The highest BCUT2D eigenvalue weighted by Crippen LogP contribution is 2.21. The molecule has 0 aliphatic carbocycles. The van der Waals surface area contributed by atoms with Crippen LogP contribution in [0.2, 0.25) is 0 Å². The third-order valence-electron chi connectivity index (χ3n) is 1.96. The lowest BCUT2D eigenvalue weighted by molar-refractivity contribution is 0.303. The lowest BCUT2D eigenvalue weighted by Gasteiger charge is -2.06. The van der Waals surface area contributed by atoms with Gasteiger partial charge in [0, 0.05) is 5.38 Å². The van der Waals surface area contributed by atoms with Gasteiger partial charge in [-0.05, 0) is 19.1 Å². The van der Waals surface area contributed by atoms with Crippen LogP contribution < -0.4 is 10.5 Å². The monoisotopic (exact) mass is 220 g/mol. The van der Waals surface area contributed by atoms with Gasteiger partial charge in [0.1, 0.15) is 12.4 Å². The van der Waals surface area contributed by atoms with Crippen molar-refractivity contribution in [3.63, 3.8) is 0 Å². The number of rotatable bonds is 3. The van der Waals surface area contributed by atoms with Crippen molar-refractivity contribution in [1.82, 2.24) is 4.98 Å². The maximum absolute atomic E-state index is 5.75. The van der Waals surface area contributed by atoms with E-state index in [9.17, 15) is 0 Å². The standard InChI is InChI=1S/C11H12N2OS/c1-8-13-9(7-15-8)6-14-11-5-3-2-4-10(11)12/h2-5,7H,6,12H2,1H3. The van der Waals surface area contributed by atoms with Gasteiger partial charge in [0.15, 0.2) is 0 Å². The van der Waals surface area contributed by atoms with E-state index in [1.54, 1.807) is 11.3 Å². The molecule has 4 heteroatoms. The third-order valence-corrected chi connectivity index (χ3v) is 2.78. The molecule has 0 saturated carbocycles. The first kappa shape index (κ1) is 9.98. The van der Waals surface area contributed by atoms with Gasteiger partial charge in [0.05, 0.1) is 16.4 Å². The molecule has 2 rings (SSSR count). The number of thiazole rings is 1. The first-order valence-corrected chi connectivity index (χ1v) is 5.52. The Balaban J connectivity index is 2.02. The Labute approximate surface area is 92.5 Å². The van der Waals surface area contributed by atoms with E-state index in [0.717, 1.165) is 10.7 Å². The van der Waals surface area contributed by atoms with Crippen molar-refractivity contribution >= 4 is 17.0 Å². The van der Waals surface area contributed by atoms with Gasteiger partial charge in [0.25, 0.3) is 0 Å². The van der Waals surface area contributed by atoms with Crippen LogP contribution in [0.15, 0.2) is 29.6 Å². The zero-order chi connectivity index (χ0) is 10.7. The maximum Gasteiger partial charge on any atom is 0.142 e. The lowest BCUT2D eigenvalue weighted by Crippen LogP contribution is -1.98. The number of aromatic nitrogens is 1. The van der Waals surface area contributed by atoms with E-state index in [-0.39, 0.29) is 0 Å². The number of ether oxygens (including phenoxy) is 1. The smallest absolute Gasteiger partial charge is 0.142 e. The normalized spacial score (nSPS) is 10.2. The number of hydrogen-bond acceptors (Lipinski definition) is 4. The molecule has 0 bridgehead atoms. The van der Waals surface area contributed by atoms with Crippen molar-refractivity contribution < 1.29 is 4.74 Å². The van der Waals surface area contributed by atoms with E-state index < -0.39 is 0 Å². The molecule has 1 heterocycles. The Morgan fingerprint density at radius 1 is 1.40 bits per heavy atom. The summed E-state index contributed by atoms with van der Waals surface area (Å²) in [6.07, 6.45) is 0. The van der Waals surface area contributed by atoms with Crippen molar-refractivity contribution in [2.24, 2.45) is 0 Å². The minimum Gasteiger partial charge on any atom is -0.485 e. The number of anilines is 1. The second-order valence-electron chi connectivity index (χ2n) is 3.18. The molecule has 2 N–H and O–H groups in total. The van der Waals surface area contributed by atoms with Crippen LogP contribution in [-0.4, -0.2) is 4.98 Å². The average molecular weight is 220 g/mol. The Bertz CT molecular complexity index is 453. The summed E-state index contributed by atoms with van der Waals surface area (Å²) in [5, 5.41) is 3.05. The van der Waals surface area contributed by atoms with E-state index in [0.29, 0.717) is 18.0 Å². The number of nitrogen functional groups attached to an aromatic ring is 1. The molecule has 0 atom stereocenters. The first-order chi connectivity index (χ1) is 7.25. The molecule has 78 valence electrons. The van der Waals surface area contributed by atoms with Crippen LogP contribution in [0.25, 0.3) is 0 Å². The highest BCUT2D eigenvalue weighted by molar-refractivity contribution is 7.09. The number of aryl methyl sites for hydroxylation is 1. The van der Waals surface area contributed by atoms with Crippen molar-refractivity contribution in [2.75, 3.05) is 5.73 Å². The molecule has 3 nitrogen and oxygen atoms in total. The minimum atomic E-state index is 0.471. The highest BCUT2D eigenvalue weighted by Gasteiger charge is 2.01. The number of hydrogen-bond donors (Lipinski definition) is 1. The van der Waals surface area contributed by atoms with Gasteiger partial charge in [-0.1, -0.05) is 12.1 Å². The SMILES string of the molecule is Cc1nc(COc2ccccc2N)cs1. The fourth-order valence-corrected chi connectivity index (χ4v) is 1.84. The topological polar surface area (TPSA) is 48.1 Å².